The number of ether oxygens (including phenoxy) is 1. The summed E-state index contributed by atoms with van der Waals surface area (Å²) in [5.41, 5.74) is 1.77. The molecule has 2 N–H and O–H groups in total. The molecule has 1 fully saturated rings. The van der Waals surface area contributed by atoms with Gasteiger partial charge in [0.15, 0.2) is 0 Å². The summed E-state index contributed by atoms with van der Waals surface area (Å²) in [5, 5.41) is 2.66. The third-order valence-corrected chi connectivity index (χ3v) is 5.35. The Balaban J connectivity index is 1.79. The molecular formula is C19H24BrN5O3. The van der Waals surface area contributed by atoms with E-state index in [0.717, 1.165) is 34.5 Å². The van der Waals surface area contributed by atoms with Crippen molar-refractivity contribution in [1.29, 1.82) is 0 Å². The van der Waals surface area contributed by atoms with Gasteiger partial charge >= 0.3 is 6.09 Å². The van der Waals surface area contributed by atoms with Gasteiger partial charge < -0.3 is 19.9 Å². The van der Waals surface area contributed by atoms with Gasteiger partial charge in [0.2, 0.25) is 5.91 Å². The number of hydrogen-bond acceptors (Lipinski definition) is 5. The van der Waals surface area contributed by atoms with Crippen molar-refractivity contribution in [3.8, 4) is 11.3 Å². The lowest BCUT2D eigenvalue weighted by Gasteiger charge is -2.30. The lowest BCUT2D eigenvalue weighted by atomic mass is 10.0. The summed E-state index contributed by atoms with van der Waals surface area (Å²) >= 11 is 3.33. The Morgan fingerprint density at radius 3 is 2.75 bits per heavy atom. The highest BCUT2D eigenvalue weighted by molar-refractivity contribution is 9.10. The van der Waals surface area contributed by atoms with Crippen molar-refractivity contribution >= 4 is 27.9 Å². The smallest absolute Gasteiger partial charge is 0.407 e. The first-order valence-electron chi connectivity index (χ1n) is 9.22. The van der Waals surface area contributed by atoms with E-state index in [1.807, 2.05) is 26.0 Å². The van der Waals surface area contributed by atoms with Gasteiger partial charge in [-0.1, -0.05) is 13.8 Å². The van der Waals surface area contributed by atoms with Crippen LogP contribution in [-0.2, 0) is 9.53 Å². The highest BCUT2D eigenvalue weighted by Gasteiger charge is 2.37. The van der Waals surface area contributed by atoms with E-state index in [0.29, 0.717) is 6.54 Å². The maximum absolute atomic E-state index is 13.1. The number of halogens is 1. The number of amides is 2. The molecule has 0 bridgehead atoms. The molecule has 0 saturated carbocycles. The first kappa shape index (κ1) is 20.3. The Kier molecular flexibility index (Phi) is 6.33. The van der Waals surface area contributed by atoms with E-state index in [9.17, 15) is 9.59 Å². The average molecular weight is 450 g/mol. The number of likely N-dealkylation sites (tertiary alicyclic amines) is 1. The summed E-state index contributed by atoms with van der Waals surface area (Å²) in [5.74, 6) is 0.560. The Labute approximate surface area is 172 Å². The molecular weight excluding hydrogens is 426 g/mol. The molecule has 1 unspecified atom stereocenters. The number of carbonyl (C=O) groups excluding carboxylic acids is 2. The lowest BCUT2D eigenvalue weighted by Crippen LogP contribution is -2.51. The van der Waals surface area contributed by atoms with E-state index in [-0.39, 0.29) is 17.9 Å². The summed E-state index contributed by atoms with van der Waals surface area (Å²) in [6, 6.07) is 3.03. The van der Waals surface area contributed by atoms with Crippen molar-refractivity contribution in [1.82, 2.24) is 25.2 Å². The van der Waals surface area contributed by atoms with E-state index in [1.54, 1.807) is 17.3 Å². The zero-order valence-electron chi connectivity index (χ0n) is 16.1. The molecule has 1 aliphatic heterocycles. The number of carbonyl (C=O) groups is 2. The maximum Gasteiger partial charge on any atom is 0.407 e. The van der Waals surface area contributed by atoms with Gasteiger partial charge in [-0.15, -0.1) is 0 Å². The number of H-pyrrole nitrogens is 1. The highest BCUT2D eigenvalue weighted by atomic mass is 79.9. The largest absolute Gasteiger partial charge is 0.453 e. The van der Waals surface area contributed by atoms with Gasteiger partial charge in [-0.2, -0.15) is 0 Å². The lowest BCUT2D eigenvalue weighted by molar-refractivity contribution is -0.135. The van der Waals surface area contributed by atoms with Crippen LogP contribution in [0.25, 0.3) is 11.3 Å². The Morgan fingerprint density at radius 1 is 1.32 bits per heavy atom. The van der Waals surface area contributed by atoms with E-state index in [4.69, 9.17) is 0 Å². The molecule has 28 heavy (non-hydrogen) atoms. The van der Waals surface area contributed by atoms with Crippen molar-refractivity contribution in [2.75, 3.05) is 13.7 Å². The minimum atomic E-state index is -0.641. The van der Waals surface area contributed by atoms with Crippen LogP contribution >= 0.6 is 15.9 Å². The zero-order chi connectivity index (χ0) is 20.3. The van der Waals surface area contributed by atoms with Crippen LogP contribution in [0.3, 0.4) is 0 Å². The molecule has 2 amide bonds. The second-order valence-electron chi connectivity index (χ2n) is 7.10. The highest BCUT2D eigenvalue weighted by Crippen LogP contribution is 2.32. The normalized spacial score (nSPS) is 17.6. The molecule has 2 atom stereocenters. The van der Waals surface area contributed by atoms with Crippen LogP contribution in [0, 0.1) is 5.92 Å². The fourth-order valence-electron chi connectivity index (χ4n) is 3.38. The molecule has 2 aromatic rings. The monoisotopic (exact) mass is 449 g/mol. The van der Waals surface area contributed by atoms with Gasteiger partial charge in [0.05, 0.1) is 25.0 Å². The molecule has 1 saturated heterocycles. The molecule has 0 aromatic carbocycles. The van der Waals surface area contributed by atoms with Crippen LogP contribution in [0.15, 0.2) is 29.1 Å². The van der Waals surface area contributed by atoms with Gasteiger partial charge in [0.1, 0.15) is 16.5 Å². The van der Waals surface area contributed by atoms with Gasteiger partial charge in [-0.25, -0.2) is 14.8 Å². The Morgan fingerprint density at radius 2 is 2.11 bits per heavy atom. The molecule has 150 valence electrons. The summed E-state index contributed by atoms with van der Waals surface area (Å²) < 4.78 is 5.43. The second-order valence-corrected chi connectivity index (χ2v) is 7.91. The van der Waals surface area contributed by atoms with Crippen LogP contribution in [-0.4, -0.2) is 51.5 Å². The predicted molar refractivity (Wildman–Crippen MR) is 107 cm³/mol. The van der Waals surface area contributed by atoms with Gasteiger partial charge in [0, 0.05) is 18.3 Å². The van der Waals surface area contributed by atoms with E-state index < -0.39 is 12.1 Å². The number of imidazole rings is 1. The molecule has 0 radical (unpaired) electrons. The maximum atomic E-state index is 13.1. The number of hydrogen-bond donors (Lipinski definition) is 2. The van der Waals surface area contributed by atoms with Crippen LogP contribution < -0.4 is 5.32 Å². The first-order chi connectivity index (χ1) is 13.4. The third kappa shape index (κ3) is 4.35. The number of rotatable bonds is 5. The van der Waals surface area contributed by atoms with E-state index in [2.05, 4.69) is 40.9 Å². The van der Waals surface area contributed by atoms with Gasteiger partial charge in [0.25, 0.3) is 0 Å². The number of nitrogens with one attached hydrogen (secondary N) is 2. The minimum absolute atomic E-state index is 0.0612. The van der Waals surface area contributed by atoms with Crippen molar-refractivity contribution in [2.45, 2.75) is 38.8 Å². The molecule has 0 spiro atoms. The second kappa shape index (κ2) is 8.72. The van der Waals surface area contributed by atoms with Crippen molar-refractivity contribution in [2.24, 2.45) is 5.92 Å². The summed E-state index contributed by atoms with van der Waals surface area (Å²) in [6.45, 7) is 4.43. The quantitative estimate of drug-likeness (QED) is 0.682. The van der Waals surface area contributed by atoms with Crippen LogP contribution in [0.5, 0.6) is 0 Å². The molecule has 2 aromatic heterocycles. The fraction of sp³-hybridized carbons (Fsp3) is 0.474. The number of pyridine rings is 1. The van der Waals surface area contributed by atoms with Crippen molar-refractivity contribution < 1.29 is 14.3 Å². The van der Waals surface area contributed by atoms with E-state index >= 15 is 0 Å². The molecule has 1 aliphatic rings. The van der Waals surface area contributed by atoms with Crippen LogP contribution in [0.1, 0.15) is 38.6 Å². The van der Waals surface area contributed by atoms with Gasteiger partial charge in [-0.3, -0.25) is 4.79 Å². The minimum Gasteiger partial charge on any atom is -0.453 e. The Bertz CT molecular complexity index is 836. The number of aromatic amines is 1. The summed E-state index contributed by atoms with van der Waals surface area (Å²) in [7, 11) is 1.29. The fourth-order valence-corrected chi connectivity index (χ4v) is 3.62. The standard InChI is InChI=1S/C19H24BrN5O3/c1-11(2)16(24-19(27)28-3)18(26)25-8-4-5-14(25)17-22-10-13(23-17)12-6-7-15(20)21-9-12/h6-7,9-11,14,16H,4-5,8H2,1-3H3,(H,22,23)(H,24,27)/t14?,16-/m0/s1. The number of methoxy groups -OCH3 is 1. The molecule has 8 nitrogen and oxygen atoms in total. The van der Waals surface area contributed by atoms with Crippen molar-refractivity contribution in [3.05, 3.63) is 35.0 Å². The third-order valence-electron chi connectivity index (χ3n) is 4.88. The van der Waals surface area contributed by atoms with Crippen molar-refractivity contribution in [3.63, 3.8) is 0 Å². The van der Waals surface area contributed by atoms with Crippen LogP contribution in [0.2, 0.25) is 0 Å². The average Bonchev–Trinajstić information content (AvgIpc) is 3.34. The topological polar surface area (TPSA) is 100 Å². The number of aromatic nitrogens is 3. The summed E-state index contributed by atoms with van der Waals surface area (Å²) in [6.07, 6.45) is 4.61. The van der Waals surface area contributed by atoms with E-state index in [1.165, 1.54) is 7.11 Å². The number of nitrogens with zero attached hydrogens (tertiary/aromatic N) is 3. The molecule has 9 heteroatoms. The van der Waals surface area contributed by atoms with Crippen LogP contribution in [0.4, 0.5) is 4.79 Å². The molecule has 3 heterocycles. The summed E-state index contributed by atoms with van der Waals surface area (Å²) in [4.78, 5) is 38.6. The zero-order valence-corrected chi connectivity index (χ0v) is 17.7. The predicted octanol–water partition coefficient (Wildman–Crippen LogP) is 3.28. The SMILES string of the molecule is COC(=O)N[C@H](C(=O)N1CCCC1c1ncc(-c2ccc(Br)nc2)[nH]1)C(C)C. The first-order valence-corrected chi connectivity index (χ1v) is 10.0. The Hall–Kier alpha value is -2.42. The molecule has 0 aliphatic carbocycles. The molecule has 3 rings (SSSR count). The van der Waals surface area contributed by atoms with Gasteiger partial charge in [-0.05, 0) is 46.8 Å². The number of alkyl carbamates (subject to hydrolysis) is 1.